The molecule has 0 bridgehead atoms. The zero-order valence-corrected chi connectivity index (χ0v) is 14.5. The first-order valence-electron chi connectivity index (χ1n) is 8.46. The highest BCUT2D eigenvalue weighted by atomic mass is 16.5. The van der Waals surface area contributed by atoms with Crippen molar-refractivity contribution in [3.05, 3.63) is 64.2 Å². The summed E-state index contributed by atoms with van der Waals surface area (Å²) < 4.78 is 5.47. The minimum atomic E-state index is -0.130. The van der Waals surface area contributed by atoms with Gasteiger partial charge in [-0.25, -0.2) is 0 Å². The number of phenols is 1. The van der Waals surface area contributed by atoms with Crippen LogP contribution in [0.15, 0.2) is 36.4 Å². The van der Waals surface area contributed by atoms with E-state index in [0.29, 0.717) is 13.0 Å². The molecule has 2 aromatic carbocycles. The van der Waals surface area contributed by atoms with Gasteiger partial charge in [0, 0.05) is 5.92 Å². The van der Waals surface area contributed by atoms with E-state index in [1.165, 1.54) is 16.7 Å². The fourth-order valence-corrected chi connectivity index (χ4v) is 3.35. The van der Waals surface area contributed by atoms with Crippen molar-refractivity contribution in [2.75, 3.05) is 6.61 Å². The molecule has 0 spiro atoms. The zero-order chi connectivity index (χ0) is 17.3. The molecule has 0 aromatic heterocycles. The Hall–Kier alpha value is -2.29. The SMILES string of the molecule is Cc1ccc([C@H]2COC(=O)C(Cc3ccc(O)c(C)c3)C2)cc1C. The summed E-state index contributed by atoms with van der Waals surface area (Å²) in [5, 5.41) is 9.65. The van der Waals surface area contributed by atoms with Gasteiger partial charge in [0.05, 0.1) is 12.5 Å². The first-order valence-corrected chi connectivity index (χ1v) is 8.46. The molecule has 2 atom stereocenters. The Labute approximate surface area is 143 Å². The van der Waals surface area contributed by atoms with Crippen LogP contribution >= 0.6 is 0 Å². The predicted octanol–water partition coefficient (Wildman–Crippen LogP) is 4.21. The topological polar surface area (TPSA) is 46.5 Å². The second kappa shape index (κ2) is 6.68. The molecule has 0 aliphatic carbocycles. The lowest BCUT2D eigenvalue weighted by Gasteiger charge is -2.29. The van der Waals surface area contributed by atoms with Crippen LogP contribution < -0.4 is 0 Å². The number of benzene rings is 2. The quantitative estimate of drug-likeness (QED) is 0.861. The number of ether oxygens (including phenoxy) is 1. The second-order valence-corrected chi connectivity index (χ2v) is 6.93. The lowest BCUT2D eigenvalue weighted by Crippen LogP contribution is -2.31. The molecule has 126 valence electrons. The van der Waals surface area contributed by atoms with Crippen LogP contribution in [0.4, 0.5) is 0 Å². The van der Waals surface area contributed by atoms with Crippen molar-refractivity contribution in [2.24, 2.45) is 5.92 Å². The van der Waals surface area contributed by atoms with Gasteiger partial charge in [-0.15, -0.1) is 0 Å². The van der Waals surface area contributed by atoms with Crippen LogP contribution in [-0.4, -0.2) is 17.7 Å². The number of esters is 1. The van der Waals surface area contributed by atoms with Crippen LogP contribution in [0.1, 0.15) is 40.2 Å². The van der Waals surface area contributed by atoms with Crippen LogP contribution in [0.2, 0.25) is 0 Å². The van der Waals surface area contributed by atoms with Gasteiger partial charge in [0.2, 0.25) is 0 Å². The summed E-state index contributed by atoms with van der Waals surface area (Å²) >= 11 is 0. The second-order valence-electron chi connectivity index (χ2n) is 6.93. The van der Waals surface area contributed by atoms with Crippen molar-refractivity contribution < 1.29 is 14.6 Å². The number of aromatic hydroxyl groups is 1. The third kappa shape index (κ3) is 3.45. The molecule has 1 heterocycles. The molecular formula is C21H24O3. The molecule has 1 aliphatic heterocycles. The van der Waals surface area contributed by atoms with Crippen LogP contribution in [0.5, 0.6) is 5.75 Å². The fraction of sp³-hybridized carbons (Fsp3) is 0.381. The first-order chi connectivity index (χ1) is 11.4. The Morgan fingerprint density at radius 3 is 2.54 bits per heavy atom. The van der Waals surface area contributed by atoms with Gasteiger partial charge in [0.25, 0.3) is 0 Å². The molecule has 1 fully saturated rings. The maximum Gasteiger partial charge on any atom is 0.309 e. The number of hydrogen-bond donors (Lipinski definition) is 1. The average molecular weight is 324 g/mol. The van der Waals surface area contributed by atoms with Gasteiger partial charge >= 0.3 is 5.97 Å². The third-order valence-electron chi connectivity index (χ3n) is 5.07. The highest BCUT2D eigenvalue weighted by Gasteiger charge is 2.31. The van der Waals surface area contributed by atoms with E-state index >= 15 is 0 Å². The lowest BCUT2D eigenvalue weighted by molar-refractivity contribution is -0.154. The third-order valence-corrected chi connectivity index (χ3v) is 5.07. The maximum atomic E-state index is 12.2. The molecule has 1 saturated heterocycles. The van der Waals surface area contributed by atoms with Crippen molar-refractivity contribution in [1.29, 1.82) is 0 Å². The summed E-state index contributed by atoms with van der Waals surface area (Å²) in [4.78, 5) is 12.2. The maximum absolute atomic E-state index is 12.2. The van der Waals surface area contributed by atoms with E-state index in [4.69, 9.17) is 4.74 Å². The predicted molar refractivity (Wildman–Crippen MR) is 94.3 cm³/mol. The molecule has 3 heteroatoms. The Bertz CT molecular complexity index is 764. The normalized spacial score (nSPS) is 20.7. The van der Waals surface area contributed by atoms with E-state index < -0.39 is 0 Å². The molecule has 0 saturated carbocycles. The van der Waals surface area contributed by atoms with Crippen LogP contribution in [0.3, 0.4) is 0 Å². The molecule has 24 heavy (non-hydrogen) atoms. The van der Waals surface area contributed by atoms with Gasteiger partial charge in [-0.2, -0.15) is 0 Å². The Morgan fingerprint density at radius 1 is 1.04 bits per heavy atom. The van der Waals surface area contributed by atoms with Crippen molar-refractivity contribution >= 4 is 5.97 Å². The summed E-state index contributed by atoms with van der Waals surface area (Å²) in [6, 6.07) is 12.0. The van der Waals surface area contributed by atoms with E-state index in [1.54, 1.807) is 6.07 Å². The number of rotatable bonds is 3. The summed E-state index contributed by atoms with van der Waals surface area (Å²) in [5.74, 6) is 0.304. The van der Waals surface area contributed by atoms with Crippen molar-refractivity contribution in [2.45, 2.75) is 39.5 Å². The van der Waals surface area contributed by atoms with E-state index in [2.05, 4.69) is 32.0 Å². The molecule has 3 nitrogen and oxygen atoms in total. The minimum absolute atomic E-state index is 0.110. The number of phenolic OH excluding ortho intramolecular Hbond substituents is 1. The highest BCUT2D eigenvalue weighted by Crippen LogP contribution is 2.32. The lowest BCUT2D eigenvalue weighted by atomic mass is 9.83. The Kier molecular flexibility index (Phi) is 4.61. The van der Waals surface area contributed by atoms with Gasteiger partial charge in [-0.3, -0.25) is 4.79 Å². The van der Waals surface area contributed by atoms with E-state index in [9.17, 15) is 9.90 Å². The Morgan fingerprint density at radius 2 is 1.83 bits per heavy atom. The average Bonchev–Trinajstić information content (AvgIpc) is 2.56. The van der Waals surface area contributed by atoms with Gasteiger partial charge in [0.1, 0.15) is 5.75 Å². The van der Waals surface area contributed by atoms with Crippen molar-refractivity contribution in [1.82, 2.24) is 0 Å². The molecule has 1 unspecified atom stereocenters. The number of aryl methyl sites for hydroxylation is 3. The van der Waals surface area contributed by atoms with Crippen LogP contribution in [0.25, 0.3) is 0 Å². The van der Waals surface area contributed by atoms with Crippen molar-refractivity contribution in [3.8, 4) is 5.75 Å². The number of hydrogen-bond acceptors (Lipinski definition) is 3. The summed E-state index contributed by atoms with van der Waals surface area (Å²) in [5.41, 5.74) is 5.70. The van der Waals surface area contributed by atoms with Crippen LogP contribution in [0, 0.1) is 26.7 Å². The standard InChI is InChI=1S/C21H24O3/c1-13-4-6-17(9-14(13)2)19-11-18(21(23)24-12-19)10-16-5-7-20(22)15(3)8-16/h4-9,18-19,22H,10-12H2,1-3H3/t18?,19-/m1/s1. The molecule has 3 rings (SSSR count). The molecule has 0 amide bonds. The zero-order valence-electron chi connectivity index (χ0n) is 14.5. The summed E-state index contributed by atoms with van der Waals surface area (Å²) in [6.07, 6.45) is 1.46. The molecule has 0 radical (unpaired) electrons. The van der Waals surface area contributed by atoms with Crippen molar-refractivity contribution in [3.63, 3.8) is 0 Å². The van der Waals surface area contributed by atoms with E-state index in [-0.39, 0.29) is 23.6 Å². The molecular weight excluding hydrogens is 300 g/mol. The van der Waals surface area contributed by atoms with Gasteiger partial charge in [-0.1, -0.05) is 30.3 Å². The van der Waals surface area contributed by atoms with Crippen LogP contribution in [-0.2, 0) is 16.0 Å². The first kappa shape index (κ1) is 16.6. The van der Waals surface area contributed by atoms with Gasteiger partial charge in [0.15, 0.2) is 0 Å². The number of cyclic esters (lactones) is 1. The molecule has 1 N–H and O–H groups in total. The van der Waals surface area contributed by atoms with E-state index in [0.717, 1.165) is 17.5 Å². The number of carbonyl (C=O) groups is 1. The van der Waals surface area contributed by atoms with Gasteiger partial charge < -0.3 is 9.84 Å². The molecule has 2 aromatic rings. The summed E-state index contributed by atoms with van der Waals surface area (Å²) in [7, 11) is 0. The van der Waals surface area contributed by atoms with E-state index in [1.807, 2.05) is 19.1 Å². The molecule has 1 aliphatic rings. The van der Waals surface area contributed by atoms with Gasteiger partial charge in [-0.05, 0) is 67.5 Å². The number of carbonyl (C=O) groups excluding carboxylic acids is 1. The monoisotopic (exact) mass is 324 g/mol. The smallest absolute Gasteiger partial charge is 0.309 e. The fourth-order valence-electron chi connectivity index (χ4n) is 3.35. The minimum Gasteiger partial charge on any atom is -0.508 e. The largest absolute Gasteiger partial charge is 0.508 e. The highest BCUT2D eigenvalue weighted by molar-refractivity contribution is 5.74. The Balaban J connectivity index is 1.76. The summed E-state index contributed by atoms with van der Waals surface area (Å²) in [6.45, 7) is 6.56.